The highest BCUT2D eigenvalue weighted by molar-refractivity contribution is 9.11. The Kier molecular flexibility index (Phi) is 5.82. The SMILES string of the molecule is CCSc1nnc2c(n1)OC(c1c(Br)cc(Br)c(O)c1Br)Nc1ccccc1-2. The number of hydrogen-bond acceptors (Lipinski definition) is 7. The van der Waals surface area contributed by atoms with Crippen LogP contribution in [0.1, 0.15) is 18.7 Å². The van der Waals surface area contributed by atoms with Crippen molar-refractivity contribution in [3.8, 4) is 22.9 Å². The molecule has 0 saturated carbocycles. The van der Waals surface area contributed by atoms with Crippen LogP contribution in [-0.2, 0) is 0 Å². The summed E-state index contributed by atoms with van der Waals surface area (Å²) in [5.74, 6) is 1.30. The van der Waals surface area contributed by atoms with E-state index in [0.717, 1.165) is 21.5 Å². The fourth-order valence-electron chi connectivity index (χ4n) is 2.80. The summed E-state index contributed by atoms with van der Waals surface area (Å²) in [4.78, 5) is 4.56. The minimum atomic E-state index is -0.624. The maximum atomic E-state index is 10.4. The van der Waals surface area contributed by atoms with Crippen molar-refractivity contribution in [1.82, 2.24) is 15.2 Å². The molecule has 0 bridgehead atoms. The topological polar surface area (TPSA) is 80.2 Å². The molecule has 1 aliphatic heterocycles. The Morgan fingerprint density at radius 1 is 1.18 bits per heavy atom. The number of phenols is 1. The highest BCUT2D eigenvalue weighted by Gasteiger charge is 2.30. The van der Waals surface area contributed by atoms with Gasteiger partial charge in [-0.15, -0.1) is 10.2 Å². The largest absolute Gasteiger partial charge is 0.506 e. The second-order valence-electron chi connectivity index (χ2n) is 5.79. The molecule has 0 amide bonds. The van der Waals surface area contributed by atoms with E-state index in [1.807, 2.05) is 31.2 Å². The number of halogens is 3. The molecule has 2 N–H and O–H groups in total. The Morgan fingerprint density at radius 3 is 2.75 bits per heavy atom. The van der Waals surface area contributed by atoms with E-state index in [0.29, 0.717) is 31.2 Å². The number of hydrogen-bond donors (Lipinski definition) is 2. The molecule has 0 spiro atoms. The lowest BCUT2D eigenvalue weighted by atomic mass is 10.1. The van der Waals surface area contributed by atoms with Crippen LogP contribution in [-0.4, -0.2) is 26.0 Å². The number of rotatable bonds is 3. The Morgan fingerprint density at radius 2 is 1.96 bits per heavy atom. The second kappa shape index (κ2) is 8.17. The predicted octanol–water partition coefficient (Wildman–Crippen LogP) is 6.15. The molecule has 10 heteroatoms. The molecule has 6 nitrogen and oxygen atoms in total. The number of anilines is 1. The van der Waals surface area contributed by atoms with Gasteiger partial charge in [-0.05, 0) is 49.7 Å². The molecule has 1 unspecified atom stereocenters. The lowest BCUT2D eigenvalue weighted by Crippen LogP contribution is -2.18. The van der Waals surface area contributed by atoms with Crippen LogP contribution in [0.4, 0.5) is 5.69 Å². The lowest BCUT2D eigenvalue weighted by molar-refractivity contribution is 0.223. The third kappa shape index (κ3) is 3.62. The third-order valence-electron chi connectivity index (χ3n) is 4.05. The number of aromatic nitrogens is 3. The molecule has 1 aromatic heterocycles. The molecule has 28 heavy (non-hydrogen) atoms. The fraction of sp³-hybridized carbons (Fsp3) is 0.167. The molecule has 3 aromatic rings. The molecular weight excluding hydrogens is 576 g/mol. The van der Waals surface area contributed by atoms with Crippen molar-refractivity contribution in [2.75, 3.05) is 11.1 Å². The van der Waals surface area contributed by atoms with E-state index >= 15 is 0 Å². The Bertz CT molecular complexity index is 1070. The van der Waals surface area contributed by atoms with Crippen molar-refractivity contribution in [2.24, 2.45) is 0 Å². The van der Waals surface area contributed by atoms with E-state index in [1.54, 1.807) is 6.07 Å². The smallest absolute Gasteiger partial charge is 0.247 e. The maximum Gasteiger partial charge on any atom is 0.247 e. The first-order chi connectivity index (χ1) is 13.5. The van der Waals surface area contributed by atoms with Gasteiger partial charge in [0.1, 0.15) is 5.75 Å². The first-order valence-electron chi connectivity index (χ1n) is 8.26. The maximum absolute atomic E-state index is 10.4. The molecule has 0 aliphatic carbocycles. The summed E-state index contributed by atoms with van der Waals surface area (Å²) in [6.07, 6.45) is -0.624. The van der Waals surface area contributed by atoms with Crippen LogP contribution >= 0.6 is 59.6 Å². The Balaban J connectivity index is 1.89. The van der Waals surface area contributed by atoms with E-state index in [9.17, 15) is 5.11 Å². The zero-order valence-corrected chi connectivity index (χ0v) is 20.0. The van der Waals surface area contributed by atoms with Gasteiger partial charge in [-0.3, -0.25) is 0 Å². The molecule has 2 heterocycles. The van der Waals surface area contributed by atoms with Crippen molar-refractivity contribution in [3.05, 3.63) is 49.3 Å². The van der Waals surface area contributed by atoms with E-state index in [-0.39, 0.29) is 5.75 Å². The summed E-state index contributed by atoms with van der Waals surface area (Å²) in [5, 5.41) is 22.9. The van der Waals surface area contributed by atoms with Crippen molar-refractivity contribution < 1.29 is 9.84 Å². The van der Waals surface area contributed by atoms with Gasteiger partial charge >= 0.3 is 0 Å². The summed E-state index contributed by atoms with van der Waals surface area (Å²) in [6, 6.07) is 9.52. The van der Waals surface area contributed by atoms with Gasteiger partial charge in [0.15, 0.2) is 5.69 Å². The minimum absolute atomic E-state index is 0.0874. The van der Waals surface area contributed by atoms with Gasteiger partial charge in [0.2, 0.25) is 17.3 Å². The lowest BCUT2D eigenvalue weighted by Gasteiger charge is -2.22. The van der Waals surface area contributed by atoms with Crippen molar-refractivity contribution in [1.29, 1.82) is 0 Å². The molecule has 1 aliphatic rings. The van der Waals surface area contributed by atoms with Crippen LogP contribution in [0.2, 0.25) is 0 Å². The van der Waals surface area contributed by atoms with Gasteiger partial charge < -0.3 is 15.2 Å². The van der Waals surface area contributed by atoms with E-state index in [4.69, 9.17) is 4.74 Å². The number of nitrogens with zero attached hydrogens (tertiary/aromatic N) is 3. The van der Waals surface area contributed by atoms with Crippen LogP contribution in [0, 0.1) is 0 Å². The van der Waals surface area contributed by atoms with Gasteiger partial charge in [0.25, 0.3) is 0 Å². The van der Waals surface area contributed by atoms with Crippen LogP contribution in [0.25, 0.3) is 11.3 Å². The number of para-hydroxylation sites is 1. The van der Waals surface area contributed by atoms with Gasteiger partial charge in [-0.25, -0.2) is 0 Å². The van der Waals surface area contributed by atoms with Crippen LogP contribution in [0.15, 0.2) is 48.9 Å². The second-order valence-corrected chi connectivity index (χ2v) is 9.52. The van der Waals surface area contributed by atoms with Crippen LogP contribution in [0.5, 0.6) is 11.6 Å². The third-order valence-corrected chi connectivity index (χ3v) is 6.83. The summed E-state index contributed by atoms with van der Waals surface area (Å²) in [7, 11) is 0. The number of phenolic OH excluding ortho intramolecular Hbond substituents is 1. The zero-order chi connectivity index (χ0) is 19.8. The number of fused-ring (bicyclic) bond motifs is 3. The molecule has 4 rings (SSSR count). The summed E-state index contributed by atoms with van der Waals surface area (Å²) in [6.45, 7) is 2.03. The standard InChI is InChI=1S/C18H13Br3N4O2S/c1-2-28-18-23-17-14(24-25-18)8-5-3-4-6-11(8)22-16(27-17)12-9(19)7-10(20)15(26)13(12)21/h3-7,16,22,26H,2H2,1H3. The Labute approximate surface area is 190 Å². The number of nitrogens with one attached hydrogen (secondary N) is 1. The van der Waals surface area contributed by atoms with Gasteiger partial charge in [0.05, 0.1) is 8.95 Å². The highest BCUT2D eigenvalue weighted by atomic mass is 79.9. The molecule has 2 aromatic carbocycles. The van der Waals surface area contributed by atoms with Gasteiger partial charge in [-0.2, -0.15) is 4.98 Å². The minimum Gasteiger partial charge on any atom is -0.506 e. The highest BCUT2D eigenvalue weighted by Crippen LogP contribution is 2.46. The van der Waals surface area contributed by atoms with Crippen molar-refractivity contribution in [3.63, 3.8) is 0 Å². The molecule has 144 valence electrons. The quantitative estimate of drug-likeness (QED) is 0.355. The predicted molar refractivity (Wildman–Crippen MR) is 120 cm³/mol. The molecule has 0 fully saturated rings. The first-order valence-corrected chi connectivity index (χ1v) is 11.6. The number of aromatic hydroxyl groups is 1. The van der Waals surface area contributed by atoms with E-state index in [1.165, 1.54) is 11.8 Å². The summed E-state index contributed by atoms with van der Waals surface area (Å²) < 4.78 is 8.08. The van der Waals surface area contributed by atoms with Gasteiger partial charge in [-0.1, -0.05) is 52.8 Å². The molecule has 0 radical (unpaired) electrons. The summed E-state index contributed by atoms with van der Waals surface area (Å²) in [5.41, 5.74) is 2.95. The fourth-order valence-corrected chi connectivity index (χ4v) is 5.84. The zero-order valence-electron chi connectivity index (χ0n) is 14.4. The van der Waals surface area contributed by atoms with Crippen molar-refractivity contribution in [2.45, 2.75) is 18.3 Å². The molecule has 0 saturated heterocycles. The van der Waals surface area contributed by atoms with Gasteiger partial charge in [0, 0.05) is 21.3 Å². The first kappa shape index (κ1) is 19.9. The average Bonchev–Trinajstić information content (AvgIpc) is 2.83. The average molecular weight is 589 g/mol. The number of ether oxygens (including phenoxy) is 1. The normalized spacial score (nSPS) is 15.1. The Hall–Kier alpha value is -1.36. The van der Waals surface area contributed by atoms with Crippen LogP contribution in [0.3, 0.4) is 0 Å². The molecular formula is C18H13Br3N4O2S. The summed E-state index contributed by atoms with van der Waals surface area (Å²) >= 11 is 11.9. The van der Waals surface area contributed by atoms with E-state index in [2.05, 4.69) is 68.3 Å². The molecule has 1 atom stereocenters. The number of thioether (sulfide) groups is 1. The van der Waals surface area contributed by atoms with Crippen molar-refractivity contribution >= 4 is 65.2 Å². The van der Waals surface area contributed by atoms with Crippen LogP contribution < -0.4 is 10.1 Å². The number of benzene rings is 2. The van der Waals surface area contributed by atoms with E-state index < -0.39 is 6.23 Å². The monoisotopic (exact) mass is 586 g/mol.